The highest BCUT2D eigenvalue weighted by Crippen LogP contribution is 2.28. The summed E-state index contributed by atoms with van der Waals surface area (Å²) >= 11 is 0. The molecule has 0 radical (unpaired) electrons. The SMILES string of the molecule is Cc1nn(C)c(C)c1CC(=O)N1CCN(C2(C(=O)O)CCOC2)CC1. The molecule has 1 unspecified atom stereocenters. The second-order valence-corrected chi connectivity index (χ2v) is 6.96. The van der Waals surface area contributed by atoms with Gasteiger partial charge in [-0.25, -0.2) is 0 Å². The molecule has 1 atom stereocenters. The molecule has 2 fully saturated rings. The van der Waals surface area contributed by atoms with Crippen molar-refractivity contribution in [2.24, 2.45) is 7.05 Å². The fraction of sp³-hybridized carbons (Fsp3) is 0.706. The van der Waals surface area contributed by atoms with E-state index >= 15 is 0 Å². The van der Waals surface area contributed by atoms with Gasteiger partial charge in [0.1, 0.15) is 5.54 Å². The fourth-order valence-corrected chi connectivity index (χ4v) is 3.83. The zero-order valence-electron chi connectivity index (χ0n) is 15.1. The largest absolute Gasteiger partial charge is 0.480 e. The van der Waals surface area contributed by atoms with E-state index in [9.17, 15) is 14.7 Å². The molecule has 8 heteroatoms. The monoisotopic (exact) mass is 350 g/mol. The van der Waals surface area contributed by atoms with Crippen LogP contribution in [0.3, 0.4) is 0 Å². The number of carbonyl (C=O) groups is 2. The van der Waals surface area contributed by atoms with E-state index in [2.05, 4.69) is 5.10 Å². The van der Waals surface area contributed by atoms with Crippen molar-refractivity contribution in [2.45, 2.75) is 32.2 Å². The maximum Gasteiger partial charge on any atom is 0.326 e. The highest BCUT2D eigenvalue weighted by atomic mass is 16.5. The Bertz CT molecular complexity index is 670. The van der Waals surface area contributed by atoms with Crippen molar-refractivity contribution in [3.63, 3.8) is 0 Å². The van der Waals surface area contributed by atoms with Crippen molar-refractivity contribution in [2.75, 3.05) is 39.4 Å². The zero-order chi connectivity index (χ0) is 18.2. The Labute approximate surface area is 147 Å². The number of nitrogens with zero attached hydrogens (tertiary/aromatic N) is 4. The molecule has 0 saturated carbocycles. The Kier molecular flexibility index (Phi) is 4.83. The Hall–Kier alpha value is -1.93. The minimum atomic E-state index is -0.925. The van der Waals surface area contributed by atoms with E-state index in [0.29, 0.717) is 45.6 Å². The number of aryl methyl sites for hydroxylation is 2. The van der Waals surface area contributed by atoms with Crippen LogP contribution >= 0.6 is 0 Å². The summed E-state index contributed by atoms with van der Waals surface area (Å²) in [6, 6.07) is 0. The first kappa shape index (κ1) is 17.9. The molecular weight excluding hydrogens is 324 g/mol. The van der Waals surface area contributed by atoms with Crippen LogP contribution in [0.5, 0.6) is 0 Å². The van der Waals surface area contributed by atoms with Crippen LogP contribution in [0.2, 0.25) is 0 Å². The van der Waals surface area contributed by atoms with E-state index in [0.717, 1.165) is 17.0 Å². The van der Waals surface area contributed by atoms with E-state index < -0.39 is 11.5 Å². The topological polar surface area (TPSA) is 87.9 Å². The fourth-order valence-electron chi connectivity index (χ4n) is 3.83. The minimum Gasteiger partial charge on any atom is -0.480 e. The van der Waals surface area contributed by atoms with E-state index in [1.807, 2.05) is 30.7 Å². The van der Waals surface area contributed by atoms with Crippen molar-refractivity contribution in [1.29, 1.82) is 0 Å². The second-order valence-electron chi connectivity index (χ2n) is 6.96. The molecule has 0 aromatic carbocycles. The maximum atomic E-state index is 12.7. The molecule has 0 spiro atoms. The summed E-state index contributed by atoms with van der Waals surface area (Å²) in [5, 5.41) is 14.0. The lowest BCUT2D eigenvalue weighted by molar-refractivity contribution is -0.153. The van der Waals surface area contributed by atoms with E-state index in [-0.39, 0.29) is 12.5 Å². The number of aliphatic carboxylic acids is 1. The van der Waals surface area contributed by atoms with Crippen LogP contribution in [0, 0.1) is 13.8 Å². The first-order chi connectivity index (χ1) is 11.8. The Balaban J connectivity index is 1.62. The van der Waals surface area contributed by atoms with Crippen molar-refractivity contribution in [3.05, 3.63) is 17.0 Å². The van der Waals surface area contributed by atoms with Crippen LogP contribution in [-0.4, -0.2) is 81.5 Å². The number of carboxylic acids is 1. The minimum absolute atomic E-state index is 0.0749. The van der Waals surface area contributed by atoms with Gasteiger partial charge < -0.3 is 14.7 Å². The van der Waals surface area contributed by atoms with Crippen molar-refractivity contribution >= 4 is 11.9 Å². The lowest BCUT2D eigenvalue weighted by Crippen LogP contribution is -2.62. The molecule has 1 aromatic heterocycles. The molecular formula is C17H26N4O4. The summed E-state index contributed by atoms with van der Waals surface area (Å²) in [4.78, 5) is 28.2. The molecule has 2 saturated heterocycles. The van der Waals surface area contributed by atoms with Gasteiger partial charge in [-0.3, -0.25) is 19.2 Å². The van der Waals surface area contributed by atoms with Crippen LogP contribution in [0.4, 0.5) is 0 Å². The van der Waals surface area contributed by atoms with Gasteiger partial charge in [-0.2, -0.15) is 5.10 Å². The second kappa shape index (κ2) is 6.76. The molecule has 1 aromatic rings. The highest BCUT2D eigenvalue weighted by Gasteiger charge is 2.48. The average Bonchev–Trinajstić information content (AvgIpc) is 3.17. The first-order valence-corrected chi connectivity index (χ1v) is 8.68. The number of piperazine rings is 1. The summed E-state index contributed by atoms with van der Waals surface area (Å²) in [5.41, 5.74) is 1.96. The number of hydrogen-bond acceptors (Lipinski definition) is 5. The predicted octanol–water partition coefficient (Wildman–Crippen LogP) is -0.0327. The van der Waals surface area contributed by atoms with Crippen LogP contribution in [-0.2, 0) is 27.8 Å². The number of aromatic nitrogens is 2. The van der Waals surface area contributed by atoms with Gasteiger partial charge in [-0.1, -0.05) is 0 Å². The van der Waals surface area contributed by atoms with Gasteiger partial charge in [0.25, 0.3) is 0 Å². The Morgan fingerprint density at radius 2 is 1.92 bits per heavy atom. The summed E-state index contributed by atoms with van der Waals surface area (Å²) in [7, 11) is 1.88. The average molecular weight is 350 g/mol. The van der Waals surface area contributed by atoms with Gasteiger partial charge in [-0.15, -0.1) is 0 Å². The van der Waals surface area contributed by atoms with E-state index in [4.69, 9.17) is 4.74 Å². The number of hydrogen-bond donors (Lipinski definition) is 1. The number of ether oxygens (including phenoxy) is 1. The molecule has 3 heterocycles. The van der Waals surface area contributed by atoms with E-state index in [1.54, 1.807) is 4.68 Å². The van der Waals surface area contributed by atoms with Gasteiger partial charge >= 0.3 is 5.97 Å². The van der Waals surface area contributed by atoms with Crippen molar-refractivity contribution in [1.82, 2.24) is 19.6 Å². The van der Waals surface area contributed by atoms with Gasteiger partial charge in [0.2, 0.25) is 5.91 Å². The normalized spacial score (nSPS) is 24.7. The Morgan fingerprint density at radius 3 is 2.40 bits per heavy atom. The van der Waals surface area contributed by atoms with E-state index in [1.165, 1.54) is 0 Å². The third kappa shape index (κ3) is 3.16. The summed E-state index contributed by atoms with van der Waals surface area (Å²) < 4.78 is 7.14. The van der Waals surface area contributed by atoms with Crippen LogP contribution in [0.15, 0.2) is 0 Å². The molecule has 2 aliphatic rings. The molecule has 1 amide bonds. The summed E-state index contributed by atoms with van der Waals surface area (Å²) in [5.74, 6) is -0.753. The smallest absolute Gasteiger partial charge is 0.326 e. The predicted molar refractivity (Wildman–Crippen MR) is 90.3 cm³/mol. The molecule has 3 rings (SSSR count). The Morgan fingerprint density at radius 1 is 1.24 bits per heavy atom. The first-order valence-electron chi connectivity index (χ1n) is 8.68. The third-order valence-electron chi connectivity index (χ3n) is 5.62. The lowest BCUT2D eigenvalue weighted by atomic mass is 9.95. The van der Waals surface area contributed by atoms with Gasteiger partial charge in [-0.05, 0) is 13.8 Å². The number of rotatable bonds is 4. The number of carboxylic acid groups (broad SMARTS) is 1. The van der Waals surface area contributed by atoms with Crippen molar-refractivity contribution in [3.8, 4) is 0 Å². The quantitative estimate of drug-likeness (QED) is 0.820. The molecule has 0 aliphatic carbocycles. The standard InChI is InChI=1S/C17H26N4O4/c1-12-14(13(2)19(3)18-12)10-15(22)20-5-7-21(8-6-20)17(16(23)24)4-9-25-11-17/h4-11H2,1-3H3,(H,23,24). The van der Waals surface area contributed by atoms with Gasteiger partial charge in [0.05, 0.1) is 18.7 Å². The van der Waals surface area contributed by atoms with Crippen LogP contribution in [0.25, 0.3) is 0 Å². The molecule has 0 bridgehead atoms. The molecule has 138 valence electrons. The number of amides is 1. The highest BCUT2D eigenvalue weighted by molar-refractivity contribution is 5.80. The summed E-state index contributed by atoms with van der Waals surface area (Å²) in [6.07, 6.45) is 0.850. The van der Waals surface area contributed by atoms with Gasteiger partial charge in [0, 0.05) is 57.5 Å². The molecule has 25 heavy (non-hydrogen) atoms. The summed E-state index contributed by atoms with van der Waals surface area (Å²) in [6.45, 7) is 6.81. The number of carbonyl (C=O) groups excluding carboxylic acids is 1. The zero-order valence-corrected chi connectivity index (χ0v) is 15.1. The molecule has 2 aliphatic heterocycles. The van der Waals surface area contributed by atoms with Crippen LogP contribution < -0.4 is 0 Å². The molecule has 8 nitrogen and oxygen atoms in total. The maximum absolute atomic E-state index is 12.7. The molecule has 1 N–H and O–H groups in total. The van der Waals surface area contributed by atoms with Crippen LogP contribution in [0.1, 0.15) is 23.4 Å². The van der Waals surface area contributed by atoms with Crippen molar-refractivity contribution < 1.29 is 19.4 Å². The third-order valence-corrected chi connectivity index (χ3v) is 5.62. The lowest BCUT2D eigenvalue weighted by Gasteiger charge is -2.42. The van der Waals surface area contributed by atoms with Gasteiger partial charge in [0.15, 0.2) is 0 Å².